The maximum Gasteiger partial charge on any atom is 0.227 e. The summed E-state index contributed by atoms with van der Waals surface area (Å²) < 4.78 is 13.2. The summed E-state index contributed by atoms with van der Waals surface area (Å²) in [5, 5.41) is 6.41. The van der Waals surface area contributed by atoms with E-state index < -0.39 is 0 Å². The second-order valence-corrected chi connectivity index (χ2v) is 11.8. The summed E-state index contributed by atoms with van der Waals surface area (Å²) in [6.07, 6.45) is 0. The van der Waals surface area contributed by atoms with Crippen molar-refractivity contribution in [2.75, 3.05) is 0 Å². The topological polar surface area (TPSA) is 77.8 Å². The first-order valence-corrected chi connectivity index (χ1v) is 15.8. The molecule has 3 aromatic heterocycles. The maximum absolute atomic E-state index is 6.93. The summed E-state index contributed by atoms with van der Waals surface area (Å²) in [6.45, 7) is 0. The molecule has 0 amide bonds. The molecule has 0 fully saturated rings. The number of rotatable bonds is 4. The molecule has 6 heteroatoms. The highest BCUT2D eigenvalue weighted by Gasteiger charge is 2.23. The molecule has 0 aliphatic carbocycles. The summed E-state index contributed by atoms with van der Waals surface area (Å²) in [7, 11) is 0. The van der Waals surface area contributed by atoms with Crippen molar-refractivity contribution in [2.24, 2.45) is 0 Å². The molecule has 10 rings (SSSR count). The summed E-state index contributed by atoms with van der Waals surface area (Å²) >= 11 is 0. The van der Waals surface area contributed by atoms with Crippen LogP contribution in [0.15, 0.2) is 154 Å². The molecule has 0 saturated heterocycles. The Morgan fingerprint density at radius 2 is 1.00 bits per heavy atom. The minimum atomic E-state index is 0.531. The van der Waals surface area contributed by atoms with E-state index in [-0.39, 0.29) is 0 Å². The Bertz CT molecular complexity index is 2770. The predicted octanol–water partition coefficient (Wildman–Crippen LogP) is 10.9. The van der Waals surface area contributed by atoms with Gasteiger partial charge in [0.2, 0.25) is 5.89 Å². The number of fused-ring (bicyclic) bond motifs is 9. The van der Waals surface area contributed by atoms with Crippen LogP contribution in [-0.2, 0) is 0 Å². The molecule has 224 valence electrons. The van der Waals surface area contributed by atoms with Crippen molar-refractivity contribution >= 4 is 54.6 Å². The first kappa shape index (κ1) is 26.5. The quantitative estimate of drug-likeness (QED) is 0.183. The highest BCUT2D eigenvalue weighted by molar-refractivity contribution is 6.30. The van der Waals surface area contributed by atoms with Gasteiger partial charge in [0, 0.05) is 32.8 Å². The lowest BCUT2D eigenvalue weighted by Gasteiger charge is -2.11. The third-order valence-electron chi connectivity index (χ3n) is 8.93. The van der Waals surface area contributed by atoms with E-state index in [1.54, 1.807) is 0 Å². The number of aromatic nitrogens is 4. The fraction of sp³-hybridized carbons (Fsp3) is 0. The van der Waals surface area contributed by atoms with Gasteiger partial charge in [0.1, 0.15) is 5.58 Å². The summed E-state index contributed by atoms with van der Waals surface area (Å²) in [4.78, 5) is 20.0. The van der Waals surface area contributed by atoms with Crippen molar-refractivity contribution in [1.82, 2.24) is 19.9 Å². The number of furan rings is 1. The van der Waals surface area contributed by atoms with Crippen molar-refractivity contribution in [1.29, 1.82) is 0 Å². The Morgan fingerprint density at radius 1 is 0.396 bits per heavy atom. The lowest BCUT2D eigenvalue weighted by molar-refractivity contribution is 0.620. The van der Waals surface area contributed by atoms with E-state index in [0.717, 1.165) is 54.6 Å². The predicted molar refractivity (Wildman–Crippen MR) is 191 cm³/mol. The zero-order valence-corrected chi connectivity index (χ0v) is 25.5. The van der Waals surface area contributed by atoms with Gasteiger partial charge in [0.25, 0.3) is 0 Å². The van der Waals surface area contributed by atoms with Gasteiger partial charge >= 0.3 is 0 Å². The van der Waals surface area contributed by atoms with Gasteiger partial charge in [-0.15, -0.1) is 0 Å². The summed E-state index contributed by atoms with van der Waals surface area (Å²) in [6, 6.07) is 48.9. The monoisotopic (exact) mass is 616 g/mol. The third-order valence-corrected chi connectivity index (χ3v) is 8.93. The van der Waals surface area contributed by atoms with Gasteiger partial charge in [0.05, 0.1) is 5.56 Å². The zero-order chi connectivity index (χ0) is 31.6. The highest BCUT2D eigenvalue weighted by Crippen LogP contribution is 2.45. The number of hydrogen-bond donors (Lipinski definition) is 0. The molecule has 0 aliphatic rings. The normalized spacial score (nSPS) is 11.8. The van der Waals surface area contributed by atoms with Gasteiger partial charge in [-0.2, -0.15) is 0 Å². The standard InChI is InChI=1S/C42H24N4O2/c1-4-13-26(14-5-1)39-44-40(27-15-6-2-7-16-27)46-41(45-39)32-24-29-21-20-25-12-10-11-19-30(25)34(29)35-31-22-23-33-36(38(31)48-37(32)35)43-42(47-33)28-17-8-3-9-18-28/h1-24H. The molecule has 7 aromatic carbocycles. The molecular formula is C42H24N4O2. The molecule has 0 N–H and O–H groups in total. The number of oxazole rings is 1. The van der Waals surface area contributed by atoms with Gasteiger partial charge in [-0.05, 0) is 46.5 Å². The first-order chi connectivity index (χ1) is 23.8. The first-order valence-electron chi connectivity index (χ1n) is 15.8. The zero-order valence-electron chi connectivity index (χ0n) is 25.5. The van der Waals surface area contributed by atoms with E-state index in [9.17, 15) is 0 Å². The van der Waals surface area contributed by atoms with Crippen molar-refractivity contribution in [2.45, 2.75) is 0 Å². The van der Waals surface area contributed by atoms with Crippen LogP contribution < -0.4 is 0 Å². The Kier molecular flexibility index (Phi) is 5.77. The smallest absolute Gasteiger partial charge is 0.227 e. The van der Waals surface area contributed by atoms with Crippen LogP contribution in [0, 0.1) is 0 Å². The van der Waals surface area contributed by atoms with Gasteiger partial charge in [-0.25, -0.2) is 19.9 Å². The van der Waals surface area contributed by atoms with Gasteiger partial charge in [-0.1, -0.05) is 115 Å². The lowest BCUT2D eigenvalue weighted by Crippen LogP contribution is -2.00. The molecule has 6 nitrogen and oxygen atoms in total. The second-order valence-electron chi connectivity index (χ2n) is 11.8. The van der Waals surface area contributed by atoms with Gasteiger partial charge in [-0.3, -0.25) is 0 Å². The average Bonchev–Trinajstić information content (AvgIpc) is 3.78. The average molecular weight is 617 g/mol. The van der Waals surface area contributed by atoms with Crippen LogP contribution in [-0.4, -0.2) is 19.9 Å². The molecule has 0 radical (unpaired) electrons. The molecular weight excluding hydrogens is 592 g/mol. The van der Waals surface area contributed by atoms with E-state index in [0.29, 0.717) is 45.6 Å². The van der Waals surface area contributed by atoms with E-state index in [1.165, 1.54) is 0 Å². The summed E-state index contributed by atoms with van der Waals surface area (Å²) in [5.74, 6) is 2.26. The van der Waals surface area contributed by atoms with Crippen LogP contribution in [0.1, 0.15) is 0 Å². The lowest BCUT2D eigenvalue weighted by atomic mass is 9.95. The SMILES string of the molecule is c1ccc(-c2nc(-c3ccccc3)nc(-c3cc4ccc5ccccc5c4c4c3oc3c4ccc4oc(-c5ccccc5)nc43)n2)cc1. The van der Waals surface area contributed by atoms with Crippen molar-refractivity contribution in [3.63, 3.8) is 0 Å². The van der Waals surface area contributed by atoms with Gasteiger partial charge < -0.3 is 8.83 Å². The summed E-state index contributed by atoms with van der Waals surface area (Å²) in [5.41, 5.74) is 6.18. The highest BCUT2D eigenvalue weighted by atomic mass is 16.4. The number of hydrogen-bond acceptors (Lipinski definition) is 6. The maximum atomic E-state index is 6.93. The van der Waals surface area contributed by atoms with E-state index in [1.807, 2.05) is 97.1 Å². The molecule has 0 saturated carbocycles. The number of nitrogens with zero attached hydrogens (tertiary/aromatic N) is 4. The fourth-order valence-electron chi connectivity index (χ4n) is 6.69. The van der Waals surface area contributed by atoms with E-state index >= 15 is 0 Å². The van der Waals surface area contributed by atoms with Crippen LogP contribution in [0.5, 0.6) is 0 Å². The minimum Gasteiger partial charge on any atom is -0.453 e. The van der Waals surface area contributed by atoms with Crippen LogP contribution in [0.25, 0.3) is 100 Å². The van der Waals surface area contributed by atoms with Crippen LogP contribution in [0.2, 0.25) is 0 Å². The minimum absolute atomic E-state index is 0.531. The molecule has 3 heterocycles. The molecule has 0 aliphatic heterocycles. The number of benzene rings is 7. The van der Waals surface area contributed by atoms with E-state index in [2.05, 4.69) is 48.5 Å². The largest absolute Gasteiger partial charge is 0.453 e. The Hall–Kier alpha value is -6.66. The van der Waals surface area contributed by atoms with Crippen LogP contribution >= 0.6 is 0 Å². The Balaban J connectivity index is 1.33. The third kappa shape index (κ3) is 4.13. The molecule has 0 unspecified atom stereocenters. The molecule has 0 bridgehead atoms. The Morgan fingerprint density at radius 3 is 1.71 bits per heavy atom. The van der Waals surface area contributed by atoms with Crippen molar-refractivity contribution < 1.29 is 8.83 Å². The van der Waals surface area contributed by atoms with Crippen molar-refractivity contribution in [3.8, 4) is 45.6 Å². The van der Waals surface area contributed by atoms with Gasteiger partial charge in [0.15, 0.2) is 34.2 Å². The van der Waals surface area contributed by atoms with E-state index in [4.69, 9.17) is 28.8 Å². The van der Waals surface area contributed by atoms with Crippen LogP contribution in [0.3, 0.4) is 0 Å². The molecule has 48 heavy (non-hydrogen) atoms. The fourth-order valence-corrected chi connectivity index (χ4v) is 6.69. The van der Waals surface area contributed by atoms with Crippen LogP contribution in [0.4, 0.5) is 0 Å². The molecule has 0 atom stereocenters. The van der Waals surface area contributed by atoms with Crippen molar-refractivity contribution in [3.05, 3.63) is 146 Å². The molecule has 10 aromatic rings. The Labute approximate surface area is 274 Å². The second kappa shape index (κ2) is 10.4. The molecule has 0 spiro atoms.